The zero-order chi connectivity index (χ0) is 18.6. The van der Waals surface area contributed by atoms with E-state index in [9.17, 15) is 13.2 Å². The molecule has 136 valence electrons. The molecule has 0 saturated heterocycles. The Morgan fingerprint density at radius 1 is 1.19 bits per heavy atom. The Balaban J connectivity index is 1.70. The Morgan fingerprint density at radius 3 is 2.65 bits per heavy atom. The molecule has 0 unspecified atom stereocenters. The molecule has 1 amide bonds. The third-order valence-corrected chi connectivity index (χ3v) is 6.68. The number of benzene rings is 1. The molecular formula is C17H17N3O3S3. The number of amides is 1. The third kappa shape index (κ3) is 4.48. The molecule has 0 saturated carbocycles. The van der Waals surface area contributed by atoms with Gasteiger partial charge in [0, 0.05) is 24.0 Å². The van der Waals surface area contributed by atoms with Gasteiger partial charge in [-0.15, -0.1) is 22.7 Å². The van der Waals surface area contributed by atoms with E-state index in [0.29, 0.717) is 18.7 Å². The first-order valence-corrected chi connectivity index (χ1v) is 11.1. The zero-order valence-electron chi connectivity index (χ0n) is 13.9. The molecule has 2 heterocycles. The van der Waals surface area contributed by atoms with E-state index in [1.165, 1.54) is 17.4 Å². The lowest BCUT2D eigenvalue weighted by molar-refractivity contribution is 0.0955. The minimum atomic E-state index is -3.84. The fourth-order valence-electron chi connectivity index (χ4n) is 2.25. The Labute approximate surface area is 160 Å². The van der Waals surface area contributed by atoms with Crippen LogP contribution in [0.25, 0.3) is 0 Å². The van der Waals surface area contributed by atoms with Gasteiger partial charge < -0.3 is 5.32 Å². The molecule has 3 rings (SSSR count). The topological polar surface area (TPSA) is 88.2 Å². The summed E-state index contributed by atoms with van der Waals surface area (Å²) in [6, 6.07) is 8.45. The van der Waals surface area contributed by atoms with Crippen molar-refractivity contribution in [3.63, 3.8) is 0 Å². The van der Waals surface area contributed by atoms with Gasteiger partial charge in [0.15, 0.2) is 0 Å². The summed E-state index contributed by atoms with van der Waals surface area (Å²) in [6.07, 6.45) is 0.602. The highest BCUT2D eigenvalue weighted by Crippen LogP contribution is 2.24. The lowest BCUT2D eigenvalue weighted by Crippen LogP contribution is -2.27. The second kappa shape index (κ2) is 7.98. The number of aromatic nitrogens is 1. The van der Waals surface area contributed by atoms with Crippen molar-refractivity contribution in [3.05, 3.63) is 62.7 Å². The van der Waals surface area contributed by atoms with E-state index in [2.05, 4.69) is 15.0 Å². The second-order valence-corrected chi connectivity index (χ2v) is 8.86. The summed E-state index contributed by atoms with van der Waals surface area (Å²) in [5.74, 6) is -0.403. The number of aryl methyl sites for hydroxylation is 1. The number of nitrogens with one attached hydrogen (secondary N) is 2. The first kappa shape index (κ1) is 18.6. The van der Waals surface area contributed by atoms with Crippen LogP contribution < -0.4 is 10.0 Å². The smallest absolute Gasteiger partial charge is 0.263 e. The van der Waals surface area contributed by atoms with E-state index < -0.39 is 15.9 Å². The lowest BCUT2D eigenvalue weighted by Gasteiger charge is -2.09. The highest BCUT2D eigenvalue weighted by molar-refractivity contribution is 7.93. The molecule has 2 aromatic heterocycles. The molecule has 0 fully saturated rings. The molecule has 0 aliphatic carbocycles. The Morgan fingerprint density at radius 2 is 1.96 bits per heavy atom. The van der Waals surface area contributed by atoms with Gasteiger partial charge in [0.1, 0.15) is 9.77 Å². The number of hydrogen-bond acceptors (Lipinski definition) is 6. The third-order valence-electron chi connectivity index (χ3n) is 3.58. The van der Waals surface area contributed by atoms with Crippen LogP contribution in [0.3, 0.4) is 0 Å². The molecule has 1 aromatic carbocycles. The van der Waals surface area contributed by atoms with Gasteiger partial charge in [-0.3, -0.25) is 9.52 Å². The van der Waals surface area contributed by atoms with Crippen LogP contribution in [0.1, 0.15) is 20.9 Å². The van der Waals surface area contributed by atoms with Crippen LogP contribution in [-0.4, -0.2) is 25.9 Å². The van der Waals surface area contributed by atoms with Crippen LogP contribution in [-0.2, 0) is 16.4 Å². The number of carbonyl (C=O) groups excluding carboxylic acids is 1. The van der Waals surface area contributed by atoms with Crippen molar-refractivity contribution in [2.75, 3.05) is 11.3 Å². The molecule has 26 heavy (non-hydrogen) atoms. The van der Waals surface area contributed by atoms with E-state index in [1.54, 1.807) is 23.0 Å². The van der Waals surface area contributed by atoms with Crippen molar-refractivity contribution in [2.45, 2.75) is 18.2 Å². The number of hydrogen-bond donors (Lipinski definition) is 2. The van der Waals surface area contributed by atoms with E-state index in [-0.39, 0.29) is 9.77 Å². The van der Waals surface area contributed by atoms with E-state index >= 15 is 0 Å². The normalized spacial score (nSPS) is 11.3. The predicted octanol–water partition coefficient (Wildman–Crippen LogP) is 3.29. The summed E-state index contributed by atoms with van der Waals surface area (Å²) >= 11 is 2.60. The van der Waals surface area contributed by atoms with Crippen LogP contribution in [0, 0.1) is 6.92 Å². The van der Waals surface area contributed by atoms with Crippen molar-refractivity contribution >= 4 is 44.3 Å². The van der Waals surface area contributed by atoms with Crippen molar-refractivity contribution in [2.24, 2.45) is 0 Å². The molecule has 0 radical (unpaired) electrons. The Bertz CT molecular complexity index is 978. The van der Waals surface area contributed by atoms with E-state index in [0.717, 1.165) is 22.6 Å². The first-order chi connectivity index (χ1) is 12.5. The van der Waals surface area contributed by atoms with Gasteiger partial charge in [0.25, 0.3) is 15.9 Å². The van der Waals surface area contributed by atoms with Gasteiger partial charge in [-0.1, -0.05) is 17.7 Å². The highest BCUT2D eigenvalue weighted by atomic mass is 32.2. The summed E-state index contributed by atoms with van der Waals surface area (Å²) in [5.41, 5.74) is 4.12. The highest BCUT2D eigenvalue weighted by Gasteiger charge is 2.24. The number of rotatable bonds is 7. The first-order valence-electron chi connectivity index (χ1n) is 7.78. The summed E-state index contributed by atoms with van der Waals surface area (Å²) in [5, 5.41) is 6.26. The molecule has 2 N–H and O–H groups in total. The number of nitrogens with zero attached hydrogens (tertiary/aromatic N) is 1. The van der Waals surface area contributed by atoms with E-state index in [4.69, 9.17) is 0 Å². The maximum Gasteiger partial charge on any atom is 0.263 e. The molecule has 0 atom stereocenters. The number of anilines is 1. The van der Waals surface area contributed by atoms with Crippen molar-refractivity contribution in [3.8, 4) is 0 Å². The SMILES string of the molecule is Cc1ccc(NS(=O)(=O)c2ccsc2C(=O)NCCc2cscn2)cc1. The van der Waals surface area contributed by atoms with E-state index in [1.807, 2.05) is 24.4 Å². The summed E-state index contributed by atoms with van der Waals surface area (Å²) in [6.45, 7) is 2.32. The minimum Gasteiger partial charge on any atom is -0.351 e. The monoisotopic (exact) mass is 407 g/mol. The second-order valence-electron chi connectivity index (χ2n) is 5.57. The Hall–Kier alpha value is -2.23. The number of carbonyl (C=O) groups is 1. The molecular weight excluding hydrogens is 390 g/mol. The van der Waals surface area contributed by atoms with Gasteiger partial charge in [-0.05, 0) is 30.5 Å². The van der Waals surface area contributed by atoms with Crippen LogP contribution in [0.2, 0.25) is 0 Å². The van der Waals surface area contributed by atoms with Crippen LogP contribution in [0.5, 0.6) is 0 Å². The average Bonchev–Trinajstić information content (AvgIpc) is 3.28. The summed E-state index contributed by atoms with van der Waals surface area (Å²) in [7, 11) is -3.84. The van der Waals surface area contributed by atoms with Gasteiger partial charge in [-0.2, -0.15) is 0 Å². The molecule has 9 heteroatoms. The van der Waals surface area contributed by atoms with Crippen LogP contribution in [0.15, 0.2) is 51.5 Å². The van der Waals surface area contributed by atoms with Crippen molar-refractivity contribution < 1.29 is 13.2 Å². The summed E-state index contributed by atoms with van der Waals surface area (Å²) in [4.78, 5) is 16.7. The zero-order valence-corrected chi connectivity index (χ0v) is 16.4. The molecule has 6 nitrogen and oxygen atoms in total. The van der Waals surface area contributed by atoms with Gasteiger partial charge in [0.2, 0.25) is 0 Å². The van der Waals surface area contributed by atoms with Crippen LogP contribution >= 0.6 is 22.7 Å². The molecule has 0 aliphatic heterocycles. The fraction of sp³-hybridized carbons (Fsp3) is 0.176. The lowest BCUT2D eigenvalue weighted by atomic mass is 10.2. The van der Waals surface area contributed by atoms with Gasteiger partial charge >= 0.3 is 0 Å². The molecule has 0 bridgehead atoms. The largest absolute Gasteiger partial charge is 0.351 e. The Kier molecular flexibility index (Phi) is 5.70. The van der Waals surface area contributed by atoms with Crippen LogP contribution in [0.4, 0.5) is 5.69 Å². The molecule has 0 spiro atoms. The minimum absolute atomic E-state index is 0.0192. The maximum absolute atomic E-state index is 12.6. The quantitative estimate of drug-likeness (QED) is 0.629. The average molecular weight is 408 g/mol. The van der Waals surface area contributed by atoms with Crippen molar-refractivity contribution in [1.82, 2.24) is 10.3 Å². The molecule has 3 aromatic rings. The molecule has 0 aliphatic rings. The fourth-order valence-corrected chi connectivity index (χ4v) is 5.25. The number of thiophene rings is 1. The summed E-state index contributed by atoms with van der Waals surface area (Å²) < 4.78 is 27.8. The maximum atomic E-state index is 12.6. The van der Waals surface area contributed by atoms with Gasteiger partial charge in [-0.25, -0.2) is 13.4 Å². The number of thiazole rings is 1. The predicted molar refractivity (Wildman–Crippen MR) is 104 cm³/mol. The van der Waals surface area contributed by atoms with Gasteiger partial charge in [0.05, 0.1) is 11.2 Å². The standard InChI is InChI=1S/C17H17N3O3S3/c1-12-2-4-13(5-3-12)20-26(22,23)15-7-9-25-16(15)17(21)18-8-6-14-10-24-11-19-14/h2-5,7,9-11,20H,6,8H2,1H3,(H,18,21). The number of sulfonamides is 1. The van der Waals surface area contributed by atoms with Crippen molar-refractivity contribution in [1.29, 1.82) is 0 Å².